The summed E-state index contributed by atoms with van der Waals surface area (Å²) in [4.78, 5) is 7.69. The number of aliphatic hydroxyl groups excluding tert-OH is 1. The third-order valence-electron chi connectivity index (χ3n) is 5.39. The summed E-state index contributed by atoms with van der Waals surface area (Å²) in [6.45, 7) is 0.378. The van der Waals surface area contributed by atoms with Gasteiger partial charge in [-0.05, 0) is 32.1 Å². The molecule has 9 nitrogen and oxygen atoms in total. The lowest BCUT2D eigenvalue weighted by Crippen LogP contribution is -2.45. The number of nitrogens with one attached hydrogen (secondary N) is 1. The van der Waals surface area contributed by atoms with E-state index in [1.54, 1.807) is 0 Å². The Bertz CT molecular complexity index is 831. The summed E-state index contributed by atoms with van der Waals surface area (Å²) in [5, 5.41) is 18.2. The van der Waals surface area contributed by atoms with E-state index in [9.17, 15) is 26.7 Å². The molecule has 1 aliphatic carbocycles. The van der Waals surface area contributed by atoms with E-state index in [1.165, 1.54) is 0 Å². The SMILES string of the molecule is NS(=O)(=O)N1CCC(Nc2ncc(C(F)(F)F)c(OC3CCCCCC3O)n2)CC1. The molecule has 170 valence electrons. The highest BCUT2D eigenvalue weighted by Crippen LogP contribution is 2.36. The standard InChI is InChI=1S/C17H26F3N5O4S/c18-17(19,20)12-10-22-16(23-11-6-8-25(9-7-11)30(21,27)28)24-15(12)29-14-5-3-1-2-4-13(14)26/h10-11,13-14,26H,1-9H2,(H2,21,27,28)(H,22,23,24). The molecule has 2 aliphatic rings. The van der Waals surface area contributed by atoms with Crippen LogP contribution in [0.5, 0.6) is 5.88 Å². The average Bonchev–Trinajstić information content (AvgIpc) is 2.85. The highest BCUT2D eigenvalue weighted by Gasteiger charge is 2.38. The Hall–Kier alpha value is -1.70. The van der Waals surface area contributed by atoms with Crippen LogP contribution in [-0.2, 0) is 16.4 Å². The molecular weight excluding hydrogens is 427 g/mol. The van der Waals surface area contributed by atoms with Crippen LogP contribution in [0, 0.1) is 0 Å². The van der Waals surface area contributed by atoms with Crippen molar-refractivity contribution in [3.63, 3.8) is 0 Å². The van der Waals surface area contributed by atoms with Crippen molar-refractivity contribution in [3.8, 4) is 5.88 Å². The van der Waals surface area contributed by atoms with Gasteiger partial charge in [0.1, 0.15) is 11.7 Å². The van der Waals surface area contributed by atoms with Crippen molar-refractivity contribution in [2.75, 3.05) is 18.4 Å². The molecule has 1 aliphatic heterocycles. The fourth-order valence-corrected chi connectivity index (χ4v) is 4.41. The number of piperidine rings is 1. The van der Waals surface area contributed by atoms with Crippen molar-refractivity contribution in [1.29, 1.82) is 0 Å². The van der Waals surface area contributed by atoms with Gasteiger partial charge in [-0.3, -0.25) is 0 Å². The minimum absolute atomic E-state index is 0.0461. The van der Waals surface area contributed by atoms with Crippen LogP contribution < -0.4 is 15.2 Å². The smallest absolute Gasteiger partial charge is 0.423 e. The van der Waals surface area contributed by atoms with Gasteiger partial charge in [-0.2, -0.15) is 30.9 Å². The van der Waals surface area contributed by atoms with Crippen LogP contribution in [0.15, 0.2) is 6.20 Å². The number of aliphatic hydroxyl groups is 1. The second-order valence-corrected chi connectivity index (χ2v) is 9.18. The number of nitrogens with zero attached hydrogens (tertiary/aromatic N) is 3. The summed E-state index contributed by atoms with van der Waals surface area (Å²) in [6, 6.07) is -0.226. The molecule has 30 heavy (non-hydrogen) atoms. The zero-order valence-corrected chi connectivity index (χ0v) is 17.1. The first kappa shape index (κ1) is 23.0. The first-order valence-corrected chi connectivity index (χ1v) is 11.4. The Morgan fingerprint density at radius 3 is 2.47 bits per heavy atom. The zero-order chi connectivity index (χ0) is 21.9. The van der Waals surface area contributed by atoms with Gasteiger partial charge in [0.15, 0.2) is 0 Å². The van der Waals surface area contributed by atoms with E-state index >= 15 is 0 Å². The maximum absolute atomic E-state index is 13.4. The molecule has 2 unspecified atom stereocenters. The van der Waals surface area contributed by atoms with Gasteiger partial charge in [0.05, 0.1) is 6.10 Å². The van der Waals surface area contributed by atoms with E-state index in [-0.39, 0.29) is 25.1 Å². The molecule has 1 aromatic rings. The maximum atomic E-state index is 13.4. The maximum Gasteiger partial charge on any atom is 0.423 e. The number of hydrogen-bond acceptors (Lipinski definition) is 7. The largest absolute Gasteiger partial charge is 0.471 e. The van der Waals surface area contributed by atoms with Crippen LogP contribution in [0.4, 0.5) is 19.1 Å². The monoisotopic (exact) mass is 453 g/mol. The van der Waals surface area contributed by atoms with Crippen molar-refractivity contribution >= 4 is 16.2 Å². The fraction of sp³-hybridized carbons (Fsp3) is 0.765. The summed E-state index contributed by atoms with van der Waals surface area (Å²) in [5.74, 6) is -0.664. The van der Waals surface area contributed by atoms with E-state index < -0.39 is 40.0 Å². The summed E-state index contributed by atoms with van der Waals surface area (Å²) >= 11 is 0. The molecule has 3 rings (SSSR count). The lowest BCUT2D eigenvalue weighted by Gasteiger charge is -2.30. The average molecular weight is 453 g/mol. The van der Waals surface area contributed by atoms with Gasteiger partial charge in [0.2, 0.25) is 11.8 Å². The summed E-state index contributed by atoms with van der Waals surface area (Å²) < 4.78 is 69.7. The van der Waals surface area contributed by atoms with Crippen molar-refractivity contribution in [3.05, 3.63) is 11.8 Å². The number of anilines is 1. The molecule has 1 saturated heterocycles. The van der Waals surface area contributed by atoms with Crippen molar-refractivity contribution in [1.82, 2.24) is 14.3 Å². The molecular formula is C17H26F3N5O4S. The Kier molecular flexibility index (Phi) is 7.05. The van der Waals surface area contributed by atoms with Crippen LogP contribution in [0.3, 0.4) is 0 Å². The number of ether oxygens (including phenoxy) is 1. The molecule has 0 amide bonds. The van der Waals surface area contributed by atoms with Crippen molar-refractivity contribution in [2.45, 2.75) is 69.4 Å². The van der Waals surface area contributed by atoms with Crippen LogP contribution in [0.25, 0.3) is 0 Å². The Morgan fingerprint density at radius 1 is 1.17 bits per heavy atom. The lowest BCUT2D eigenvalue weighted by atomic mass is 10.1. The number of rotatable bonds is 5. The van der Waals surface area contributed by atoms with Crippen LogP contribution in [-0.4, -0.2) is 59.1 Å². The molecule has 4 N–H and O–H groups in total. The summed E-state index contributed by atoms with van der Waals surface area (Å²) in [6.07, 6.45) is -1.53. The molecule has 0 spiro atoms. The molecule has 1 saturated carbocycles. The fourth-order valence-electron chi connectivity index (χ4n) is 3.69. The first-order valence-electron chi connectivity index (χ1n) is 9.87. The van der Waals surface area contributed by atoms with Crippen LogP contribution >= 0.6 is 0 Å². The van der Waals surface area contributed by atoms with Gasteiger partial charge in [-0.25, -0.2) is 10.1 Å². The van der Waals surface area contributed by atoms with Crippen molar-refractivity contribution in [2.24, 2.45) is 5.14 Å². The number of aromatic nitrogens is 2. The van der Waals surface area contributed by atoms with E-state index in [1.807, 2.05) is 0 Å². The molecule has 0 aromatic carbocycles. The van der Waals surface area contributed by atoms with E-state index in [4.69, 9.17) is 9.88 Å². The normalized spacial score (nSPS) is 25.0. The highest BCUT2D eigenvalue weighted by atomic mass is 32.2. The second-order valence-electron chi connectivity index (χ2n) is 7.63. The molecule has 13 heteroatoms. The lowest BCUT2D eigenvalue weighted by molar-refractivity contribution is -0.140. The second kappa shape index (κ2) is 9.20. The predicted octanol–water partition coefficient (Wildman–Crippen LogP) is 1.65. The van der Waals surface area contributed by atoms with Gasteiger partial charge < -0.3 is 15.2 Å². The van der Waals surface area contributed by atoms with Crippen molar-refractivity contribution < 1.29 is 31.4 Å². The predicted molar refractivity (Wildman–Crippen MR) is 102 cm³/mol. The Labute approximate surface area is 173 Å². The summed E-state index contributed by atoms with van der Waals surface area (Å²) in [5.41, 5.74) is -1.10. The van der Waals surface area contributed by atoms with Gasteiger partial charge in [0, 0.05) is 25.3 Å². The summed E-state index contributed by atoms with van der Waals surface area (Å²) in [7, 11) is -3.77. The molecule has 1 aromatic heterocycles. The molecule has 2 fully saturated rings. The molecule has 2 heterocycles. The highest BCUT2D eigenvalue weighted by molar-refractivity contribution is 7.86. The van der Waals surface area contributed by atoms with E-state index in [0.717, 1.165) is 23.6 Å². The zero-order valence-electron chi connectivity index (χ0n) is 16.3. The van der Waals surface area contributed by atoms with E-state index in [2.05, 4.69) is 15.3 Å². The minimum atomic E-state index is -4.70. The van der Waals surface area contributed by atoms with Gasteiger partial charge in [0.25, 0.3) is 10.2 Å². The van der Waals surface area contributed by atoms with E-state index in [0.29, 0.717) is 31.9 Å². The molecule has 0 bridgehead atoms. The van der Waals surface area contributed by atoms with Gasteiger partial charge in [-0.15, -0.1) is 0 Å². The van der Waals surface area contributed by atoms with Crippen LogP contribution in [0.1, 0.15) is 50.5 Å². The number of hydrogen-bond donors (Lipinski definition) is 3. The number of alkyl halides is 3. The number of nitrogens with two attached hydrogens (primary N) is 1. The third kappa shape index (κ3) is 5.93. The Morgan fingerprint density at radius 2 is 1.83 bits per heavy atom. The third-order valence-corrected chi connectivity index (χ3v) is 6.47. The minimum Gasteiger partial charge on any atom is -0.471 e. The van der Waals surface area contributed by atoms with Crippen LogP contribution in [0.2, 0.25) is 0 Å². The topological polar surface area (TPSA) is 131 Å². The first-order chi connectivity index (χ1) is 14.0. The molecule has 2 atom stereocenters. The van der Waals surface area contributed by atoms with Gasteiger partial charge in [-0.1, -0.05) is 12.8 Å². The quantitative estimate of drug-likeness (QED) is 0.578. The number of halogens is 3. The van der Waals surface area contributed by atoms with Gasteiger partial charge >= 0.3 is 6.18 Å². The Balaban J connectivity index is 1.74. The molecule has 0 radical (unpaired) electrons.